The van der Waals surface area contributed by atoms with Crippen LogP contribution in [0.15, 0.2) is 48.5 Å². The number of fused-ring (bicyclic) bond motifs is 2. The van der Waals surface area contributed by atoms with E-state index in [1.54, 1.807) is 7.11 Å². The molecule has 0 amide bonds. The number of benzene rings is 2. The molecule has 0 spiro atoms. The lowest BCUT2D eigenvalue weighted by molar-refractivity contribution is 0.133. The van der Waals surface area contributed by atoms with Gasteiger partial charge in [-0.25, -0.2) is 4.98 Å². The van der Waals surface area contributed by atoms with Gasteiger partial charge < -0.3 is 14.4 Å². The van der Waals surface area contributed by atoms with Crippen molar-refractivity contribution in [2.75, 3.05) is 12.0 Å². The smallest absolute Gasteiger partial charge is 0.165 e. The fraction of sp³-hybridized carbons (Fsp3) is 0.333. The fourth-order valence-corrected chi connectivity index (χ4v) is 4.93. The highest BCUT2D eigenvalue weighted by Crippen LogP contribution is 2.41. The number of ether oxygens (including phenoxy) is 2. The van der Waals surface area contributed by atoms with Crippen LogP contribution in [-0.2, 0) is 24.5 Å². The molecule has 4 aromatic rings. The number of nitrogens with zero attached hydrogens (tertiary/aromatic N) is 4. The standard InChI is InChI=1S/C27H28N4O2.ClH/c1-17-13-21(32-3)11-12-22(17)25-18(2)29-31-26(25)28-24-16-33-15-23(24)27(31)30(20-9-10-20)14-19-7-5-4-6-8-19;/h4-8,11-13,20H,9-10,14-16H2,1-3H3;1H. The van der Waals surface area contributed by atoms with Crippen molar-refractivity contribution in [2.45, 2.75) is 52.5 Å². The molecule has 0 radical (unpaired) electrons. The molecular weight excluding hydrogens is 448 g/mol. The Balaban J connectivity index is 0.00000241. The number of hydrogen-bond donors (Lipinski definition) is 0. The minimum atomic E-state index is 0. The van der Waals surface area contributed by atoms with E-state index in [0.29, 0.717) is 19.3 Å². The predicted molar refractivity (Wildman–Crippen MR) is 136 cm³/mol. The second kappa shape index (κ2) is 8.93. The van der Waals surface area contributed by atoms with Gasteiger partial charge in [0.05, 0.1) is 31.7 Å². The van der Waals surface area contributed by atoms with Gasteiger partial charge in [-0.3, -0.25) is 0 Å². The van der Waals surface area contributed by atoms with Crippen molar-refractivity contribution < 1.29 is 9.47 Å². The summed E-state index contributed by atoms with van der Waals surface area (Å²) in [5.41, 5.74) is 8.77. The third-order valence-electron chi connectivity index (χ3n) is 6.74. The maximum atomic E-state index is 5.88. The van der Waals surface area contributed by atoms with Gasteiger partial charge in [-0.2, -0.15) is 9.61 Å². The van der Waals surface area contributed by atoms with E-state index in [-0.39, 0.29) is 12.4 Å². The van der Waals surface area contributed by atoms with E-state index in [4.69, 9.17) is 19.6 Å². The quantitative estimate of drug-likeness (QED) is 0.360. The predicted octanol–water partition coefficient (Wildman–Crippen LogP) is 5.64. The molecule has 1 saturated carbocycles. The molecule has 2 aromatic heterocycles. The van der Waals surface area contributed by atoms with Crippen molar-refractivity contribution in [3.63, 3.8) is 0 Å². The average Bonchev–Trinajstić information content (AvgIpc) is 3.48. The molecule has 34 heavy (non-hydrogen) atoms. The van der Waals surface area contributed by atoms with Crippen LogP contribution in [0.2, 0.25) is 0 Å². The van der Waals surface area contributed by atoms with E-state index in [1.807, 2.05) is 6.07 Å². The summed E-state index contributed by atoms with van der Waals surface area (Å²) in [6.45, 7) is 6.18. The molecule has 0 saturated heterocycles. The SMILES string of the molecule is COc1ccc(-c2c(C)nn3c(N(Cc4ccccc4)C4CC4)c4c(nc23)COC4)c(C)c1.Cl. The van der Waals surface area contributed by atoms with Crippen LogP contribution >= 0.6 is 12.4 Å². The van der Waals surface area contributed by atoms with Crippen molar-refractivity contribution in [2.24, 2.45) is 0 Å². The number of methoxy groups -OCH3 is 1. The molecule has 0 unspecified atom stereocenters. The van der Waals surface area contributed by atoms with Gasteiger partial charge in [0.25, 0.3) is 0 Å². The van der Waals surface area contributed by atoms with Gasteiger partial charge in [0.1, 0.15) is 11.6 Å². The van der Waals surface area contributed by atoms with Gasteiger partial charge in [-0.05, 0) is 55.5 Å². The minimum Gasteiger partial charge on any atom is -0.497 e. The molecule has 3 heterocycles. The highest BCUT2D eigenvalue weighted by atomic mass is 35.5. The lowest BCUT2D eigenvalue weighted by Gasteiger charge is -2.27. The Kier molecular flexibility index (Phi) is 5.96. The summed E-state index contributed by atoms with van der Waals surface area (Å²) in [5.74, 6) is 2.00. The van der Waals surface area contributed by atoms with Gasteiger partial charge in [0, 0.05) is 23.7 Å². The maximum Gasteiger partial charge on any atom is 0.165 e. The number of aromatic nitrogens is 3. The summed E-state index contributed by atoms with van der Waals surface area (Å²) in [7, 11) is 1.70. The maximum absolute atomic E-state index is 5.88. The number of rotatable bonds is 6. The van der Waals surface area contributed by atoms with Gasteiger partial charge in [0.15, 0.2) is 5.65 Å². The Hall–Kier alpha value is -3.09. The molecule has 0 N–H and O–H groups in total. The van der Waals surface area contributed by atoms with Crippen molar-refractivity contribution >= 4 is 23.9 Å². The first-order valence-electron chi connectivity index (χ1n) is 11.6. The third-order valence-corrected chi connectivity index (χ3v) is 6.74. The van der Waals surface area contributed by atoms with Crippen LogP contribution < -0.4 is 9.64 Å². The molecule has 0 bridgehead atoms. The number of hydrogen-bond acceptors (Lipinski definition) is 5. The zero-order valence-corrected chi connectivity index (χ0v) is 20.6. The fourth-order valence-electron chi connectivity index (χ4n) is 4.93. The molecule has 1 aliphatic carbocycles. The summed E-state index contributed by atoms with van der Waals surface area (Å²) in [5, 5.41) is 5.05. The molecule has 6 rings (SSSR count). The highest BCUT2D eigenvalue weighted by Gasteiger charge is 2.35. The normalized spacial score (nSPS) is 14.7. The Labute approximate surface area is 205 Å². The topological polar surface area (TPSA) is 51.9 Å². The van der Waals surface area contributed by atoms with Gasteiger partial charge in [-0.15, -0.1) is 12.4 Å². The number of halogens is 1. The summed E-state index contributed by atoms with van der Waals surface area (Å²) < 4.78 is 13.4. The van der Waals surface area contributed by atoms with Gasteiger partial charge in [-0.1, -0.05) is 36.4 Å². The summed E-state index contributed by atoms with van der Waals surface area (Å²) in [6.07, 6.45) is 2.41. The lowest BCUT2D eigenvalue weighted by atomic mass is 10.0. The van der Waals surface area contributed by atoms with Crippen LogP contribution in [-0.4, -0.2) is 27.7 Å². The lowest BCUT2D eigenvalue weighted by Crippen LogP contribution is -2.29. The monoisotopic (exact) mass is 476 g/mol. The van der Waals surface area contributed by atoms with E-state index < -0.39 is 0 Å². The minimum absolute atomic E-state index is 0. The first kappa shape index (κ1) is 22.7. The Morgan fingerprint density at radius 1 is 1.09 bits per heavy atom. The molecule has 1 fully saturated rings. The van der Waals surface area contributed by atoms with Crippen LogP contribution in [0, 0.1) is 13.8 Å². The van der Waals surface area contributed by atoms with Gasteiger partial charge >= 0.3 is 0 Å². The largest absolute Gasteiger partial charge is 0.497 e. The molecule has 1 aliphatic heterocycles. The van der Waals surface area contributed by atoms with Crippen molar-refractivity contribution in [1.29, 1.82) is 0 Å². The number of aryl methyl sites for hydroxylation is 2. The molecule has 6 nitrogen and oxygen atoms in total. The average molecular weight is 477 g/mol. The molecular formula is C27H29ClN4O2. The molecule has 7 heteroatoms. The Morgan fingerprint density at radius 3 is 2.59 bits per heavy atom. The number of anilines is 1. The van der Waals surface area contributed by atoms with Crippen molar-refractivity contribution in [3.8, 4) is 16.9 Å². The van der Waals surface area contributed by atoms with Crippen LogP contribution in [0.5, 0.6) is 5.75 Å². The highest BCUT2D eigenvalue weighted by molar-refractivity contribution is 5.85. The van der Waals surface area contributed by atoms with Crippen LogP contribution in [0.25, 0.3) is 16.8 Å². The molecule has 0 atom stereocenters. The summed E-state index contributed by atoms with van der Waals surface area (Å²) >= 11 is 0. The third kappa shape index (κ3) is 3.81. The van der Waals surface area contributed by atoms with E-state index in [2.05, 4.69) is 65.7 Å². The van der Waals surface area contributed by atoms with Crippen LogP contribution in [0.4, 0.5) is 5.82 Å². The van der Waals surface area contributed by atoms with E-state index in [9.17, 15) is 0 Å². The molecule has 2 aliphatic rings. The Morgan fingerprint density at radius 2 is 1.88 bits per heavy atom. The van der Waals surface area contributed by atoms with Crippen LogP contribution in [0.3, 0.4) is 0 Å². The first-order valence-corrected chi connectivity index (χ1v) is 11.6. The Bertz CT molecular complexity index is 1350. The molecule has 176 valence electrons. The van der Waals surface area contributed by atoms with Gasteiger partial charge in [0.2, 0.25) is 0 Å². The van der Waals surface area contributed by atoms with Crippen LogP contribution in [0.1, 0.15) is 40.9 Å². The zero-order chi connectivity index (χ0) is 22.5. The van der Waals surface area contributed by atoms with E-state index in [1.165, 1.54) is 24.0 Å². The summed E-state index contributed by atoms with van der Waals surface area (Å²) in [4.78, 5) is 7.61. The van der Waals surface area contributed by atoms with Crippen molar-refractivity contribution in [1.82, 2.24) is 14.6 Å². The first-order chi connectivity index (χ1) is 16.1. The summed E-state index contributed by atoms with van der Waals surface area (Å²) in [6, 6.07) is 17.4. The zero-order valence-electron chi connectivity index (χ0n) is 19.7. The second-order valence-electron chi connectivity index (χ2n) is 9.07. The second-order valence-corrected chi connectivity index (χ2v) is 9.07. The molecule has 2 aromatic carbocycles. The van der Waals surface area contributed by atoms with E-state index in [0.717, 1.165) is 51.8 Å². The van der Waals surface area contributed by atoms with E-state index >= 15 is 0 Å². The van der Waals surface area contributed by atoms with Crippen molar-refractivity contribution in [3.05, 3.63) is 76.6 Å².